The van der Waals surface area contributed by atoms with E-state index in [0.29, 0.717) is 12.0 Å². The van der Waals surface area contributed by atoms with Gasteiger partial charge in [0, 0.05) is 17.1 Å². The number of carboxylic acid groups (broad SMARTS) is 1. The average Bonchev–Trinajstić information content (AvgIpc) is 3.53. The predicted molar refractivity (Wildman–Crippen MR) is 149 cm³/mol. The zero-order valence-corrected chi connectivity index (χ0v) is 21.9. The van der Waals surface area contributed by atoms with Crippen molar-refractivity contribution < 1.29 is 9.90 Å². The highest BCUT2D eigenvalue weighted by Gasteiger charge is 2.31. The first kappa shape index (κ1) is 24.0. The molecule has 2 aromatic carbocycles. The minimum absolute atomic E-state index is 0.202. The Morgan fingerprint density at radius 2 is 1.68 bits per heavy atom. The molecule has 2 aliphatic rings. The van der Waals surface area contributed by atoms with E-state index in [2.05, 4.69) is 79.3 Å². The Balaban J connectivity index is 1.50. The lowest BCUT2D eigenvalue weighted by Gasteiger charge is -2.26. The Morgan fingerprint density at radius 1 is 0.946 bits per heavy atom. The summed E-state index contributed by atoms with van der Waals surface area (Å²) in [6.45, 7) is 4.44. The second-order valence-corrected chi connectivity index (χ2v) is 10.9. The molecule has 4 nitrogen and oxygen atoms in total. The van der Waals surface area contributed by atoms with Gasteiger partial charge in [0.1, 0.15) is 0 Å². The van der Waals surface area contributed by atoms with E-state index in [1.807, 2.05) is 0 Å². The molecule has 6 rings (SSSR count). The highest BCUT2D eigenvalue weighted by Crippen LogP contribution is 2.44. The topological polar surface area (TPSA) is 55.1 Å². The maximum absolute atomic E-state index is 11.6. The van der Waals surface area contributed by atoms with E-state index in [-0.39, 0.29) is 5.92 Å². The van der Waals surface area contributed by atoms with Crippen LogP contribution in [0, 0.1) is 5.92 Å². The fourth-order valence-corrected chi connectivity index (χ4v) is 6.94. The Morgan fingerprint density at radius 3 is 2.38 bits per heavy atom. The van der Waals surface area contributed by atoms with E-state index in [1.165, 1.54) is 44.3 Å². The zero-order chi connectivity index (χ0) is 25.5. The summed E-state index contributed by atoms with van der Waals surface area (Å²) < 4.78 is 2.48. The van der Waals surface area contributed by atoms with Crippen LogP contribution in [0.4, 0.5) is 0 Å². The summed E-state index contributed by atoms with van der Waals surface area (Å²) in [5.41, 5.74) is 10.5. The van der Waals surface area contributed by atoms with Crippen molar-refractivity contribution in [1.82, 2.24) is 9.55 Å². The molecular weight excluding hydrogens is 456 g/mol. The van der Waals surface area contributed by atoms with E-state index in [0.717, 1.165) is 57.1 Å². The Labute approximate surface area is 219 Å². The minimum Gasteiger partial charge on any atom is -0.481 e. The number of benzene rings is 2. The van der Waals surface area contributed by atoms with Gasteiger partial charge in [-0.15, -0.1) is 0 Å². The van der Waals surface area contributed by atoms with Crippen molar-refractivity contribution in [2.75, 3.05) is 0 Å². The van der Waals surface area contributed by atoms with Crippen LogP contribution in [0.15, 0.2) is 60.9 Å². The first-order valence-electron chi connectivity index (χ1n) is 14.0. The largest absolute Gasteiger partial charge is 0.481 e. The van der Waals surface area contributed by atoms with E-state index >= 15 is 0 Å². The summed E-state index contributed by atoms with van der Waals surface area (Å²) in [5, 5.41) is 10.8. The zero-order valence-electron chi connectivity index (χ0n) is 21.9. The third-order valence-corrected chi connectivity index (χ3v) is 8.96. The van der Waals surface area contributed by atoms with Crippen LogP contribution < -0.4 is 0 Å². The van der Waals surface area contributed by atoms with Gasteiger partial charge in [0.05, 0.1) is 29.4 Å². The number of nitrogens with zero attached hydrogens (tertiary/aromatic N) is 2. The number of carboxylic acids is 1. The van der Waals surface area contributed by atoms with Gasteiger partial charge < -0.3 is 9.67 Å². The fourth-order valence-electron chi connectivity index (χ4n) is 6.94. The fraction of sp³-hybridized carbons (Fsp3) is 0.394. The van der Waals surface area contributed by atoms with Gasteiger partial charge in [-0.25, -0.2) is 0 Å². The van der Waals surface area contributed by atoms with E-state index < -0.39 is 5.97 Å². The van der Waals surface area contributed by atoms with Gasteiger partial charge in [-0.2, -0.15) is 0 Å². The van der Waals surface area contributed by atoms with Crippen LogP contribution in [-0.4, -0.2) is 20.6 Å². The maximum Gasteiger partial charge on any atom is 0.306 e. The average molecular weight is 493 g/mol. The van der Waals surface area contributed by atoms with Gasteiger partial charge in [-0.3, -0.25) is 9.78 Å². The number of hydrogen-bond donors (Lipinski definition) is 1. The number of rotatable bonds is 6. The van der Waals surface area contributed by atoms with Gasteiger partial charge in [0.25, 0.3) is 0 Å². The number of hydrogen-bond acceptors (Lipinski definition) is 2. The quantitative estimate of drug-likeness (QED) is 0.300. The lowest BCUT2D eigenvalue weighted by molar-refractivity contribution is -0.142. The summed E-state index contributed by atoms with van der Waals surface area (Å²) in [7, 11) is 0. The Kier molecular flexibility index (Phi) is 6.36. The van der Waals surface area contributed by atoms with Gasteiger partial charge in [-0.05, 0) is 91.2 Å². The van der Waals surface area contributed by atoms with Crippen molar-refractivity contribution in [2.45, 2.75) is 77.2 Å². The van der Waals surface area contributed by atoms with Crippen molar-refractivity contribution in [3.8, 4) is 11.3 Å². The Bertz CT molecular complexity index is 1440. The van der Waals surface area contributed by atoms with Crippen LogP contribution in [-0.2, 0) is 24.1 Å². The van der Waals surface area contributed by atoms with Crippen LogP contribution in [0.1, 0.15) is 85.7 Å². The number of carbonyl (C=O) groups is 1. The summed E-state index contributed by atoms with van der Waals surface area (Å²) in [6, 6.07) is 18.1. The molecule has 0 saturated heterocycles. The molecule has 4 aromatic rings. The third-order valence-electron chi connectivity index (χ3n) is 8.96. The molecule has 1 saturated carbocycles. The highest BCUT2D eigenvalue weighted by atomic mass is 16.4. The van der Waals surface area contributed by atoms with Crippen LogP contribution >= 0.6 is 0 Å². The second-order valence-electron chi connectivity index (χ2n) is 10.9. The molecule has 37 heavy (non-hydrogen) atoms. The predicted octanol–water partition coefficient (Wildman–Crippen LogP) is 7.72. The monoisotopic (exact) mass is 492 g/mol. The van der Waals surface area contributed by atoms with Crippen molar-refractivity contribution >= 4 is 16.9 Å². The molecule has 0 radical (unpaired) electrons. The molecule has 0 aliphatic heterocycles. The molecule has 1 N–H and O–H groups in total. The van der Waals surface area contributed by atoms with Gasteiger partial charge in [0.15, 0.2) is 0 Å². The molecule has 190 valence electrons. The first-order valence-corrected chi connectivity index (χ1v) is 14.0. The van der Waals surface area contributed by atoms with E-state index in [4.69, 9.17) is 4.98 Å². The SMILES string of the molecule is CCc1cccc(CC)c1-c1cc2c(C3CCC(C(=O)O)CC3)cn(C3CCc4ccccc43)c2cn1. The first-order chi connectivity index (χ1) is 18.1. The second kappa shape index (κ2) is 9.81. The Hall–Kier alpha value is -3.40. The van der Waals surface area contributed by atoms with E-state index in [1.54, 1.807) is 0 Å². The molecule has 2 aliphatic carbocycles. The van der Waals surface area contributed by atoms with Crippen LogP contribution in [0.25, 0.3) is 22.2 Å². The van der Waals surface area contributed by atoms with E-state index in [9.17, 15) is 9.90 Å². The van der Waals surface area contributed by atoms with Crippen LogP contribution in [0.3, 0.4) is 0 Å². The molecule has 1 fully saturated rings. The minimum atomic E-state index is -0.641. The van der Waals surface area contributed by atoms with Crippen LogP contribution in [0.2, 0.25) is 0 Å². The molecule has 2 heterocycles. The van der Waals surface area contributed by atoms with Gasteiger partial charge in [-0.1, -0.05) is 56.3 Å². The molecule has 0 spiro atoms. The molecule has 0 bridgehead atoms. The molecule has 1 atom stereocenters. The summed E-state index contributed by atoms with van der Waals surface area (Å²) >= 11 is 0. The highest BCUT2D eigenvalue weighted by molar-refractivity contribution is 5.88. The number of aromatic nitrogens is 2. The van der Waals surface area contributed by atoms with Crippen molar-refractivity contribution in [3.05, 3.63) is 88.7 Å². The number of aliphatic carboxylic acids is 1. The number of aryl methyl sites for hydroxylation is 3. The normalized spacial score (nSPS) is 21.3. The number of fused-ring (bicyclic) bond motifs is 2. The van der Waals surface area contributed by atoms with Crippen LogP contribution in [0.5, 0.6) is 0 Å². The van der Waals surface area contributed by atoms with Crippen molar-refractivity contribution in [2.24, 2.45) is 5.92 Å². The maximum atomic E-state index is 11.6. The molecule has 1 unspecified atom stereocenters. The molecular formula is C33H36N2O2. The van der Waals surface area contributed by atoms with Crippen molar-refractivity contribution in [1.29, 1.82) is 0 Å². The lowest BCUT2D eigenvalue weighted by Crippen LogP contribution is -2.20. The van der Waals surface area contributed by atoms with Crippen molar-refractivity contribution in [3.63, 3.8) is 0 Å². The van der Waals surface area contributed by atoms with Gasteiger partial charge in [0.2, 0.25) is 0 Å². The molecule has 2 aromatic heterocycles. The van der Waals surface area contributed by atoms with Gasteiger partial charge >= 0.3 is 5.97 Å². The number of pyridine rings is 1. The third kappa shape index (κ3) is 4.17. The molecule has 0 amide bonds. The standard InChI is InChI=1S/C33H36N2O2/c1-3-21-9-7-10-22(4-2)32(21)29-18-27-28(24-12-14-25(15-13-24)33(36)37)20-35(31(27)19-34-29)30-17-16-23-8-5-6-11-26(23)30/h5-11,18-20,24-25,30H,3-4,12-17H2,1-2H3,(H,36,37). The summed E-state index contributed by atoms with van der Waals surface area (Å²) in [6.07, 6.45) is 12.0. The molecule has 4 heteroatoms. The summed E-state index contributed by atoms with van der Waals surface area (Å²) in [5.74, 6) is -0.455. The lowest BCUT2D eigenvalue weighted by atomic mass is 9.78. The smallest absolute Gasteiger partial charge is 0.306 e. The summed E-state index contributed by atoms with van der Waals surface area (Å²) in [4.78, 5) is 16.7.